The summed E-state index contributed by atoms with van der Waals surface area (Å²) in [5, 5.41) is 11.0. The molecular formula is C5H12O4. The summed E-state index contributed by atoms with van der Waals surface area (Å²) in [6.07, 6.45) is 0.986. The highest BCUT2D eigenvalue weighted by Crippen LogP contribution is 1.80. The number of ether oxygens (including phenoxy) is 1. The lowest BCUT2D eigenvalue weighted by Gasteiger charge is -1.98. The average molecular weight is 136 g/mol. The van der Waals surface area contributed by atoms with E-state index in [0.29, 0.717) is 6.61 Å². The van der Waals surface area contributed by atoms with Crippen LogP contribution in [0.2, 0.25) is 0 Å². The highest BCUT2D eigenvalue weighted by Gasteiger charge is 1.85. The summed E-state index contributed by atoms with van der Waals surface area (Å²) in [7, 11) is 0. The SMILES string of the molecule is CCCOCCOOO. The summed E-state index contributed by atoms with van der Waals surface area (Å²) >= 11 is 0. The molecule has 0 radical (unpaired) electrons. The zero-order valence-corrected chi connectivity index (χ0v) is 5.50. The highest BCUT2D eigenvalue weighted by atomic mass is 17.5. The van der Waals surface area contributed by atoms with E-state index in [4.69, 9.17) is 9.99 Å². The summed E-state index contributed by atoms with van der Waals surface area (Å²) in [6.45, 7) is 3.45. The van der Waals surface area contributed by atoms with Crippen molar-refractivity contribution in [3.05, 3.63) is 0 Å². The zero-order chi connectivity index (χ0) is 6.95. The first-order valence-corrected chi connectivity index (χ1v) is 2.92. The quantitative estimate of drug-likeness (QED) is 0.334. The largest absolute Gasteiger partial charge is 0.379 e. The van der Waals surface area contributed by atoms with E-state index in [2.05, 4.69) is 9.93 Å². The maximum absolute atomic E-state index is 7.65. The smallest absolute Gasteiger partial charge is 0.109 e. The van der Waals surface area contributed by atoms with Gasteiger partial charge >= 0.3 is 0 Å². The Bertz CT molecular complexity index is 42.2. The van der Waals surface area contributed by atoms with Crippen molar-refractivity contribution in [3.63, 3.8) is 0 Å². The molecule has 0 aliphatic carbocycles. The van der Waals surface area contributed by atoms with Crippen LogP contribution in [0.1, 0.15) is 13.3 Å². The summed E-state index contributed by atoms with van der Waals surface area (Å²) in [6, 6.07) is 0. The van der Waals surface area contributed by atoms with Crippen molar-refractivity contribution in [2.45, 2.75) is 13.3 Å². The van der Waals surface area contributed by atoms with Crippen molar-refractivity contribution >= 4 is 0 Å². The Hall–Kier alpha value is -0.160. The monoisotopic (exact) mass is 136 g/mol. The van der Waals surface area contributed by atoms with Crippen molar-refractivity contribution in [1.29, 1.82) is 0 Å². The predicted octanol–water partition coefficient (Wildman–Crippen LogP) is 0.834. The van der Waals surface area contributed by atoms with Gasteiger partial charge in [0.25, 0.3) is 0 Å². The van der Waals surface area contributed by atoms with E-state index in [0.717, 1.165) is 13.0 Å². The van der Waals surface area contributed by atoms with E-state index in [1.54, 1.807) is 0 Å². The second-order valence-electron chi connectivity index (χ2n) is 1.51. The molecule has 0 bridgehead atoms. The fraction of sp³-hybridized carbons (Fsp3) is 1.00. The van der Waals surface area contributed by atoms with Gasteiger partial charge in [-0.25, -0.2) is 10.1 Å². The molecule has 0 fully saturated rings. The highest BCUT2D eigenvalue weighted by molar-refractivity contribution is 4.25. The van der Waals surface area contributed by atoms with Crippen LogP contribution >= 0.6 is 0 Å². The van der Waals surface area contributed by atoms with Crippen LogP contribution < -0.4 is 0 Å². The topological polar surface area (TPSA) is 47.9 Å². The number of rotatable bonds is 6. The first-order valence-electron chi connectivity index (χ1n) is 2.92. The second kappa shape index (κ2) is 7.84. The van der Waals surface area contributed by atoms with E-state index in [1.807, 2.05) is 6.92 Å². The summed E-state index contributed by atoms with van der Waals surface area (Å²) in [5.74, 6) is 0. The Morgan fingerprint density at radius 3 is 2.56 bits per heavy atom. The first-order chi connectivity index (χ1) is 4.41. The van der Waals surface area contributed by atoms with Gasteiger partial charge in [-0.1, -0.05) is 12.0 Å². The third kappa shape index (κ3) is 7.84. The molecule has 0 rings (SSSR count). The van der Waals surface area contributed by atoms with Crippen LogP contribution in [-0.4, -0.2) is 25.1 Å². The Labute approximate surface area is 54.2 Å². The van der Waals surface area contributed by atoms with Gasteiger partial charge in [0.2, 0.25) is 0 Å². The molecule has 56 valence electrons. The Morgan fingerprint density at radius 1 is 1.22 bits per heavy atom. The number of hydrogen-bond acceptors (Lipinski definition) is 4. The minimum Gasteiger partial charge on any atom is -0.379 e. The van der Waals surface area contributed by atoms with Crippen molar-refractivity contribution in [2.75, 3.05) is 19.8 Å². The van der Waals surface area contributed by atoms with Crippen LogP contribution in [0.25, 0.3) is 0 Å². The van der Waals surface area contributed by atoms with Crippen LogP contribution in [-0.2, 0) is 14.7 Å². The maximum Gasteiger partial charge on any atom is 0.109 e. The summed E-state index contributed by atoms with van der Waals surface area (Å²) < 4.78 is 4.97. The van der Waals surface area contributed by atoms with Gasteiger partial charge in [0.15, 0.2) is 0 Å². The van der Waals surface area contributed by atoms with Gasteiger partial charge in [0.1, 0.15) is 6.61 Å². The molecule has 0 unspecified atom stereocenters. The molecule has 4 nitrogen and oxygen atoms in total. The molecule has 0 saturated heterocycles. The van der Waals surface area contributed by atoms with E-state index in [1.165, 1.54) is 0 Å². The lowest BCUT2D eigenvalue weighted by molar-refractivity contribution is -0.491. The van der Waals surface area contributed by atoms with E-state index in [9.17, 15) is 0 Å². The molecule has 0 aromatic rings. The molecule has 0 heterocycles. The van der Waals surface area contributed by atoms with Gasteiger partial charge in [0, 0.05) is 6.61 Å². The Kier molecular flexibility index (Phi) is 7.70. The fourth-order valence-electron chi connectivity index (χ4n) is 0.377. The molecule has 0 aliphatic heterocycles. The van der Waals surface area contributed by atoms with Crippen molar-refractivity contribution in [3.8, 4) is 0 Å². The van der Waals surface area contributed by atoms with Gasteiger partial charge in [0.05, 0.1) is 6.61 Å². The Balaban J connectivity index is 2.60. The second-order valence-corrected chi connectivity index (χ2v) is 1.51. The number of hydrogen-bond donors (Lipinski definition) is 1. The molecular weight excluding hydrogens is 124 g/mol. The molecule has 0 aliphatic rings. The van der Waals surface area contributed by atoms with Crippen LogP contribution in [0.4, 0.5) is 0 Å². The van der Waals surface area contributed by atoms with Crippen molar-refractivity contribution < 1.29 is 19.9 Å². The van der Waals surface area contributed by atoms with Gasteiger partial charge in [-0.3, -0.25) is 0 Å². The van der Waals surface area contributed by atoms with Crippen LogP contribution in [0.5, 0.6) is 0 Å². The molecule has 9 heavy (non-hydrogen) atoms. The van der Waals surface area contributed by atoms with E-state index < -0.39 is 0 Å². The van der Waals surface area contributed by atoms with Gasteiger partial charge in [-0.05, 0) is 6.42 Å². The lowest BCUT2D eigenvalue weighted by atomic mass is 10.5. The minimum atomic E-state index is 0.260. The van der Waals surface area contributed by atoms with Crippen LogP contribution in [0.3, 0.4) is 0 Å². The normalized spacial score (nSPS) is 10.0. The third-order valence-corrected chi connectivity index (χ3v) is 0.712. The molecule has 0 amide bonds. The summed E-state index contributed by atoms with van der Waals surface area (Å²) in [5.41, 5.74) is 0. The fourth-order valence-corrected chi connectivity index (χ4v) is 0.377. The molecule has 0 aromatic carbocycles. The van der Waals surface area contributed by atoms with E-state index in [-0.39, 0.29) is 6.61 Å². The zero-order valence-electron chi connectivity index (χ0n) is 5.50. The lowest BCUT2D eigenvalue weighted by Crippen LogP contribution is -2.03. The molecule has 0 spiro atoms. The molecule has 1 N–H and O–H groups in total. The van der Waals surface area contributed by atoms with Crippen molar-refractivity contribution in [2.24, 2.45) is 0 Å². The van der Waals surface area contributed by atoms with Gasteiger partial charge in [-0.2, -0.15) is 0 Å². The van der Waals surface area contributed by atoms with Gasteiger partial charge in [-0.15, -0.1) is 0 Å². The molecule has 0 saturated carbocycles. The summed E-state index contributed by atoms with van der Waals surface area (Å²) in [4.78, 5) is 4.11. The van der Waals surface area contributed by atoms with Crippen LogP contribution in [0.15, 0.2) is 0 Å². The molecule has 0 atom stereocenters. The van der Waals surface area contributed by atoms with Gasteiger partial charge < -0.3 is 4.74 Å². The molecule has 4 heteroatoms. The minimum absolute atomic E-state index is 0.260. The average Bonchev–Trinajstić information content (AvgIpc) is 1.89. The Morgan fingerprint density at radius 2 is 2.00 bits per heavy atom. The first kappa shape index (κ1) is 8.84. The molecule has 0 aromatic heterocycles. The maximum atomic E-state index is 7.65. The van der Waals surface area contributed by atoms with Crippen molar-refractivity contribution in [1.82, 2.24) is 0 Å². The predicted molar refractivity (Wildman–Crippen MR) is 30.8 cm³/mol. The third-order valence-electron chi connectivity index (χ3n) is 0.712. The standard InChI is InChI=1S/C5H12O4/c1-2-3-7-4-5-8-9-6/h6H,2-5H2,1H3. The van der Waals surface area contributed by atoms with E-state index >= 15 is 0 Å². The van der Waals surface area contributed by atoms with Crippen LogP contribution in [0, 0.1) is 0 Å².